The summed E-state index contributed by atoms with van der Waals surface area (Å²) >= 11 is 0. The number of benzene rings is 1. The van der Waals surface area contributed by atoms with Crippen LogP contribution in [0.5, 0.6) is 5.75 Å². The molecule has 6 heteroatoms. The standard InChI is InChI=1S/C16H22N2O3.ClH/c19-12-10-15(17-11-12)16(20)18-8-6-14(7-9-18)21-13-4-2-1-3-5-13;/h1-5,12,14-15,17,19H,6-11H2;1H. The molecule has 1 aromatic carbocycles. The Kier molecular flexibility index (Phi) is 6.06. The van der Waals surface area contributed by atoms with Gasteiger partial charge in [-0.2, -0.15) is 0 Å². The molecule has 0 saturated carbocycles. The zero-order valence-electron chi connectivity index (χ0n) is 12.5. The van der Waals surface area contributed by atoms with Gasteiger partial charge in [0.1, 0.15) is 11.9 Å². The van der Waals surface area contributed by atoms with E-state index in [4.69, 9.17) is 4.74 Å². The van der Waals surface area contributed by atoms with Crippen LogP contribution in [0.3, 0.4) is 0 Å². The number of likely N-dealkylation sites (tertiary alicyclic amines) is 1. The predicted molar refractivity (Wildman–Crippen MR) is 86.3 cm³/mol. The fourth-order valence-electron chi connectivity index (χ4n) is 3.01. The summed E-state index contributed by atoms with van der Waals surface area (Å²) in [5.74, 6) is 1.01. The van der Waals surface area contributed by atoms with Crippen LogP contribution in [-0.2, 0) is 4.79 Å². The van der Waals surface area contributed by atoms with Gasteiger partial charge in [-0.25, -0.2) is 0 Å². The number of hydrogen-bond donors (Lipinski definition) is 2. The fourth-order valence-corrected chi connectivity index (χ4v) is 3.01. The molecule has 2 unspecified atom stereocenters. The molecule has 5 nitrogen and oxygen atoms in total. The maximum Gasteiger partial charge on any atom is 0.239 e. The number of ether oxygens (including phenoxy) is 1. The molecule has 2 saturated heterocycles. The summed E-state index contributed by atoms with van der Waals surface area (Å²) in [5.41, 5.74) is 0. The highest BCUT2D eigenvalue weighted by molar-refractivity contribution is 5.85. The lowest BCUT2D eigenvalue weighted by Gasteiger charge is -2.33. The Balaban J connectivity index is 0.00000176. The number of rotatable bonds is 3. The first-order valence-electron chi connectivity index (χ1n) is 7.64. The summed E-state index contributed by atoms with van der Waals surface area (Å²) in [5, 5.41) is 12.6. The van der Waals surface area contributed by atoms with E-state index in [1.54, 1.807) is 0 Å². The largest absolute Gasteiger partial charge is 0.490 e. The lowest BCUT2D eigenvalue weighted by molar-refractivity contribution is -0.135. The number of nitrogens with one attached hydrogen (secondary N) is 1. The molecule has 1 amide bonds. The molecule has 2 atom stereocenters. The molecule has 0 aliphatic carbocycles. The molecule has 122 valence electrons. The molecule has 2 fully saturated rings. The van der Waals surface area contributed by atoms with Crippen LogP contribution in [0.15, 0.2) is 30.3 Å². The van der Waals surface area contributed by atoms with Crippen molar-refractivity contribution < 1.29 is 14.6 Å². The van der Waals surface area contributed by atoms with Crippen LogP contribution in [0, 0.1) is 0 Å². The van der Waals surface area contributed by atoms with Crippen molar-refractivity contribution in [3.05, 3.63) is 30.3 Å². The Morgan fingerprint density at radius 3 is 2.50 bits per heavy atom. The number of carbonyl (C=O) groups excluding carboxylic acids is 1. The predicted octanol–water partition coefficient (Wildman–Crippen LogP) is 1.20. The van der Waals surface area contributed by atoms with Crippen molar-refractivity contribution in [3.8, 4) is 5.75 Å². The summed E-state index contributed by atoms with van der Waals surface area (Å²) in [6, 6.07) is 9.60. The van der Waals surface area contributed by atoms with Crippen LogP contribution in [0.2, 0.25) is 0 Å². The molecule has 3 rings (SSSR count). The van der Waals surface area contributed by atoms with Gasteiger partial charge in [0.15, 0.2) is 0 Å². The Labute approximate surface area is 137 Å². The van der Waals surface area contributed by atoms with Gasteiger partial charge in [-0.15, -0.1) is 12.4 Å². The van der Waals surface area contributed by atoms with E-state index in [-0.39, 0.29) is 30.5 Å². The monoisotopic (exact) mass is 326 g/mol. The van der Waals surface area contributed by atoms with Crippen LogP contribution in [0.1, 0.15) is 19.3 Å². The summed E-state index contributed by atoms with van der Waals surface area (Å²) in [4.78, 5) is 14.2. The van der Waals surface area contributed by atoms with Gasteiger partial charge < -0.3 is 20.1 Å². The zero-order valence-corrected chi connectivity index (χ0v) is 13.3. The highest BCUT2D eigenvalue weighted by atomic mass is 35.5. The average molecular weight is 327 g/mol. The highest BCUT2D eigenvalue weighted by Gasteiger charge is 2.33. The van der Waals surface area contributed by atoms with Gasteiger partial charge in [-0.3, -0.25) is 4.79 Å². The van der Waals surface area contributed by atoms with Crippen molar-refractivity contribution in [1.82, 2.24) is 10.2 Å². The lowest BCUT2D eigenvalue weighted by Crippen LogP contribution is -2.48. The van der Waals surface area contributed by atoms with Gasteiger partial charge in [0.05, 0.1) is 12.1 Å². The van der Waals surface area contributed by atoms with Crippen LogP contribution in [0.25, 0.3) is 0 Å². The number of aliphatic hydroxyl groups excluding tert-OH is 1. The average Bonchev–Trinajstić information content (AvgIpc) is 2.95. The lowest BCUT2D eigenvalue weighted by atomic mass is 10.1. The highest BCUT2D eigenvalue weighted by Crippen LogP contribution is 2.20. The first-order valence-corrected chi connectivity index (χ1v) is 7.64. The minimum Gasteiger partial charge on any atom is -0.490 e. The SMILES string of the molecule is Cl.O=C(C1CC(O)CN1)N1CCC(Oc2ccccc2)CC1. The maximum absolute atomic E-state index is 12.3. The van der Waals surface area contributed by atoms with Gasteiger partial charge >= 0.3 is 0 Å². The number of β-amino-alcohol motifs (C(OH)–C–C–N with tert-alkyl or cyclic N) is 1. The molecule has 0 bridgehead atoms. The van der Waals surface area contributed by atoms with E-state index in [0.29, 0.717) is 13.0 Å². The quantitative estimate of drug-likeness (QED) is 0.876. The van der Waals surface area contributed by atoms with E-state index in [9.17, 15) is 9.90 Å². The van der Waals surface area contributed by atoms with Crippen molar-refractivity contribution in [3.63, 3.8) is 0 Å². The number of aliphatic hydroxyl groups is 1. The van der Waals surface area contributed by atoms with Crippen LogP contribution in [-0.4, -0.2) is 53.8 Å². The molecule has 2 aliphatic heterocycles. The third-order valence-electron chi connectivity index (χ3n) is 4.21. The summed E-state index contributed by atoms with van der Waals surface area (Å²) in [6.45, 7) is 1.97. The smallest absolute Gasteiger partial charge is 0.239 e. The van der Waals surface area contributed by atoms with Gasteiger partial charge in [0.25, 0.3) is 0 Å². The first-order chi connectivity index (χ1) is 10.2. The number of carbonyl (C=O) groups is 1. The van der Waals surface area contributed by atoms with E-state index < -0.39 is 6.10 Å². The van der Waals surface area contributed by atoms with Gasteiger partial charge in [0.2, 0.25) is 5.91 Å². The number of halogens is 1. The normalized spacial score (nSPS) is 25.6. The molecule has 0 spiro atoms. The van der Waals surface area contributed by atoms with Crippen LogP contribution < -0.4 is 10.1 Å². The fraction of sp³-hybridized carbons (Fsp3) is 0.562. The molecule has 0 radical (unpaired) electrons. The Bertz CT molecular complexity index is 478. The van der Waals surface area contributed by atoms with E-state index in [0.717, 1.165) is 31.7 Å². The summed E-state index contributed by atoms with van der Waals surface area (Å²) in [7, 11) is 0. The zero-order chi connectivity index (χ0) is 14.7. The molecule has 2 heterocycles. The number of nitrogens with zero attached hydrogens (tertiary/aromatic N) is 1. The number of piperidine rings is 1. The number of hydrogen-bond acceptors (Lipinski definition) is 4. The molecule has 2 aliphatic rings. The van der Waals surface area contributed by atoms with Crippen molar-refractivity contribution in [1.29, 1.82) is 0 Å². The molecule has 2 N–H and O–H groups in total. The second kappa shape index (κ2) is 7.81. The molecule has 0 aromatic heterocycles. The van der Waals surface area contributed by atoms with E-state index in [1.165, 1.54) is 0 Å². The Morgan fingerprint density at radius 2 is 1.91 bits per heavy atom. The third-order valence-corrected chi connectivity index (χ3v) is 4.21. The third kappa shape index (κ3) is 4.12. The van der Waals surface area contributed by atoms with Crippen molar-refractivity contribution in [2.45, 2.75) is 37.5 Å². The van der Waals surface area contributed by atoms with E-state index >= 15 is 0 Å². The van der Waals surface area contributed by atoms with Crippen molar-refractivity contribution in [2.75, 3.05) is 19.6 Å². The Morgan fingerprint density at radius 1 is 1.23 bits per heavy atom. The molecular formula is C16H23ClN2O3. The first kappa shape index (κ1) is 17.1. The number of amides is 1. The van der Waals surface area contributed by atoms with Gasteiger partial charge in [0, 0.05) is 32.5 Å². The molecule has 1 aromatic rings. The minimum atomic E-state index is -0.391. The van der Waals surface area contributed by atoms with Gasteiger partial charge in [-0.1, -0.05) is 18.2 Å². The second-order valence-electron chi connectivity index (χ2n) is 5.81. The minimum absolute atomic E-state index is 0. The Hall–Kier alpha value is -1.30. The molecular weight excluding hydrogens is 304 g/mol. The maximum atomic E-state index is 12.3. The van der Waals surface area contributed by atoms with Crippen LogP contribution in [0.4, 0.5) is 0 Å². The van der Waals surface area contributed by atoms with Crippen molar-refractivity contribution >= 4 is 18.3 Å². The number of para-hydroxylation sites is 1. The van der Waals surface area contributed by atoms with Crippen LogP contribution >= 0.6 is 12.4 Å². The topological polar surface area (TPSA) is 61.8 Å². The molecule has 22 heavy (non-hydrogen) atoms. The van der Waals surface area contributed by atoms with Crippen molar-refractivity contribution in [2.24, 2.45) is 0 Å². The van der Waals surface area contributed by atoms with Gasteiger partial charge in [-0.05, 0) is 18.6 Å². The summed E-state index contributed by atoms with van der Waals surface area (Å²) in [6.07, 6.45) is 2.03. The second-order valence-corrected chi connectivity index (χ2v) is 5.81. The summed E-state index contributed by atoms with van der Waals surface area (Å²) < 4.78 is 5.93. The van der Waals surface area contributed by atoms with E-state index in [1.807, 2.05) is 35.2 Å². The van der Waals surface area contributed by atoms with E-state index in [2.05, 4.69) is 5.32 Å².